The van der Waals surface area contributed by atoms with E-state index < -0.39 is 9.84 Å². The third-order valence-corrected chi connectivity index (χ3v) is 5.84. The van der Waals surface area contributed by atoms with E-state index in [1.54, 1.807) is 18.2 Å². The van der Waals surface area contributed by atoms with Gasteiger partial charge in [0.2, 0.25) is 9.84 Å². The third-order valence-electron chi connectivity index (χ3n) is 3.76. The van der Waals surface area contributed by atoms with Crippen molar-refractivity contribution in [1.29, 1.82) is 0 Å². The van der Waals surface area contributed by atoms with Crippen molar-refractivity contribution in [2.24, 2.45) is 0 Å². The fourth-order valence-corrected chi connectivity index (χ4v) is 4.21. The lowest BCUT2D eigenvalue weighted by molar-refractivity contribution is 0.597. The minimum Gasteiger partial charge on any atom is -0.377 e. The summed E-state index contributed by atoms with van der Waals surface area (Å²) in [6, 6.07) is 17.3. The molecule has 0 atom stereocenters. The molecule has 0 aliphatic rings. The summed E-state index contributed by atoms with van der Waals surface area (Å²) in [5, 5.41) is 2.14. The van der Waals surface area contributed by atoms with Crippen LogP contribution >= 0.6 is 11.6 Å². The maximum absolute atomic E-state index is 13.0. The van der Waals surface area contributed by atoms with E-state index in [1.165, 1.54) is 12.1 Å². The Labute approximate surface area is 141 Å². The summed E-state index contributed by atoms with van der Waals surface area (Å²) in [5.41, 5.74) is 0.982. The van der Waals surface area contributed by atoms with Crippen LogP contribution in [-0.2, 0) is 9.84 Å². The number of hydrogen-bond acceptors (Lipinski definition) is 3. The van der Waals surface area contributed by atoms with Gasteiger partial charge < -0.3 is 4.90 Å². The molecule has 5 heteroatoms. The number of rotatable bonds is 3. The Morgan fingerprint density at radius 2 is 1.43 bits per heavy atom. The molecule has 0 fully saturated rings. The molecule has 0 N–H and O–H groups in total. The number of nitrogens with zero attached hydrogens (tertiary/aromatic N) is 1. The highest BCUT2D eigenvalue weighted by molar-refractivity contribution is 7.91. The number of sulfone groups is 1. The quantitative estimate of drug-likeness (QED) is 0.706. The lowest BCUT2D eigenvalue weighted by Gasteiger charge is -2.17. The Morgan fingerprint density at radius 3 is 2.04 bits per heavy atom. The molecular formula is C18H16ClNO2S. The summed E-state index contributed by atoms with van der Waals surface area (Å²) >= 11 is 5.86. The zero-order valence-corrected chi connectivity index (χ0v) is 14.4. The van der Waals surface area contributed by atoms with E-state index in [2.05, 4.69) is 0 Å². The van der Waals surface area contributed by atoms with E-state index >= 15 is 0 Å². The van der Waals surface area contributed by atoms with Crippen LogP contribution in [0.5, 0.6) is 0 Å². The molecule has 0 saturated carbocycles. The number of fused-ring (bicyclic) bond motifs is 1. The normalized spacial score (nSPS) is 11.6. The zero-order valence-electron chi connectivity index (χ0n) is 12.8. The van der Waals surface area contributed by atoms with Crippen LogP contribution in [0.3, 0.4) is 0 Å². The minimum atomic E-state index is -3.60. The van der Waals surface area contributed by atoms with Crippen LogP contribution in [-0.4, -0.2) is 22.5 Å². The second-order valence-electron chi connectivity index (χ2n) is 5.48. The monoisotopic (exact) mass is 345 g/mol. The maximum Gasteiger partial charge on any atom is 0.207 e. The van der Waals surface area contributed by atoms with Crippen molar-refractivity contribution in [1.82, 2.24) is 0 Å². The average Bonchev–Trinajstić information content (AvgIpc) is 2.54. The van der Waals surface area contributed by atoms with Gasteiger partial charge in [-0.1, -0.05) is 35.9 Å². The molecule has 0 radical (unpaired) electrons. The van der Waals surface area contributed by atoms with E-state index in [1.807, 2.05) is 49.3 Å². The van der Waals surface area contributed by atoms with Crippen LogP contribution in [0.1, 0.15) is 0 Å². The first-order chi connectivity index (χ1) is 10.9. The van der Waals surface area contributed by atoms with Crippen molar-refractivity contribution in [3.63, 3.8) is 0 Å². The molecule has 0 aliphatic heterocycles. The molecular weight excluding hydrogens is 330 g/mol. The predicted octanol–water partition coefficient (Wildman–Crippen LogP) is 4.39. The second kappa shape index (κ2) is 5.87. The molecule has 0 aliphatic carbocycles. The number of hydrogen-bond donors (Lipinski definition) is 0. The summed E-state index contributed by atoms with van der Waals surface area (Å²) in [7, 11) is 0.277. The Hall–Kier alpha value is -2.04. The molecule has 3 aromatic rings. The molecule has 3 nitrogen and oxygen atoms in total. The molecule has 118 valence electrons. The number of benzene rings is 3. The molecule has 0 aromatic heterocycles. The van der Waals surface area contributed by atoms with Gasteiger partial charge in [0.05, 0.1) is 9.79 Å². The second-order valence-corrected chi connectivity index (χ2v) is 7.83. The van der Waals surface area contributed by atoms with Crippen molar-refractivity contribution in [3.8, 4) is 0 Å². The molecule has 3 rings (SSSR count). The van der Waals surface area contributed by atoms with Crippen LogP contribution in [0, 0.1) is 0 Å². The molecule has 0 heterocycles. The van der Waals surface area contributed by atoms with E-state index in [4.69, 9.17) is 11.6 Å². The topological polar surface area (TPSA) is 37.4 Å². The van der Waals surface area contributed by atoms with E-state index in [0.29, 0.717) is 15.3 Å². The van der Waals surface area contributed by atoms with E-state index in [0.717, 1.165) is 11.1 Å². The van der Waals surface area contributed by atoms with Gasteiger partial charge in [-0.25, -0.2) is 8.42 Å². The summed E-state index contributed by atoms with van der Waals surface area (Å²) in [6.45, 7) is 0. The van der Waals surface area contributed by atoms with E-state index in [9.17, 15) is 8.42 Å². The highest BCUT2D eigenvalue weighted by atomic mass is 35.5. The summed E-state index contributed by atoms with van der Waals surface area (Å²) in [5.74, 6) is 0. The molecule has 3 aromatic carbocycles. The van der Waals surface area contributed by atoms with Crippen LogP contribution < -0.4 is 4.90 Å². The lowest BCUT2D eigenvalue weighted by Crippen LogP contribution is -2.10. The van der Waals surface area contributed by atoms with Crippen LogP contribution in [0.2, 0.25) is 5.02 Å². The van der Waals surface area contributed by atoms with Gasteiger partial charge in [0, 0.05) is 35.6 Å². The average molecular weight is 346 g/mol. The molecule has 23 heavy (non-hydrogen) atoms. The standard InChI is InChI=1S/C18H16ClNO2S/c1-20(2)17-11-12-18(16-6-4-3-5-15(16)17)23(21,22)14-9-7-13(19)8-10-14/h3-12H,1-2H3. The molecule has 0 unspecified atom stereocenters. The molecule has 0 spiro atoms. The number of anilines is 1. The third kappa shape index (κ3) is 2.80. The Balaban J connectivity index is 2.28. The Bertz CT molecular complexity index is 964. The van der Waals surface area contributed by atoms with Crippen molar-refractivity contribution >= 4 is 37.9 Å². The Morgan fingerprint density at radius 1 is 0.826 bits per heavy atom. The van der Waals surface area contributed by atoms with Crippen LogP contribution in [0.15, 0.2) is 70.5 Å². The summed E-state index contributed by atoms with van der Waals surface area (Å²) in [6.07, 6.45) is 0. The lowest BCUT2D eigenvalue weighted by atomic mass is 10.1. The summed E-state index contributed by atoms with van der Waals surface area (Å²) in [4.78, 5) is 2.52. The molecule has 0 saturated heterocycles. The van der Waals surface area contributed by atoms with Gasteiger partial charge in [-0.3, -0.25) is 0 Å². The predicted molar refractivity (Wildman–Crippen MR) is 95.2 cm³/mol. The van der Waals surface area contributed by atoms with E-state index in [-0.39, 0.29) is 4.90 Å². The highest BCUT2D eigenvalue weighted by Gasteiger charge is 2.21. The van der Waals surface area contributed by atoms with Crippen molar-refractivity contribution < 1.29 is 8.42 Å². The fourth-order valence-electron chi connectivity index (χ4n) is 2.62. The first kappa shape index (κ1) is 15.8. The smallest absolute Gasteiger partial charge is 0.207 e. The van der Waals surface area contributed by atoms with Crippen molar-refractivity contribution in [2.45, 2.75) is 9.79 Å². The maximum atomic E-state index is 13.0. The van der Waals surface area contributed by atoms with Gasteiger partial charge in [-0.15, -0.1) is 0 Å². The fraction of sp³-hybridized carbons (Fsp3) is 0.111. The minimum absolute atomic E-state index is 0.240. The van der Waals surface area contributed by atoms with Crippen molar-refractivity contribution in [2.75, 3.05) is 19.0 Å². The molecule has 0 amide bonds. The molecule has 0 bridgehead atoms. The Kier molecular flexibility index (Phi) is 4.04. The van der Waals surface area contributed by atoms with Gasteiger partial charge in [0.1, 0.15) is 0 Å². The van der Waals surface area contributed by atoms with Gasteiger partial charge in [0.15, 0.2) is 0 Å². The summed E-state index contributed by atoms with van der Waals surface area (Å²) < 4.78 is 26.0. The van der Waals surface area contributed by atoms with Gasteiger partial charge in [-0.2, -0.15) is 0 Å². The zero-order chi connectivity index (χ0) is 16.6. The van der Waals surface area contributed by atoms with Gasteiger partial charge >= 0.3 is 0 Å². The number of halogens is 1. The largest absolute Gasteiger partial charge is 0.377 e. The van der Waals surface area contributed by atoms with Crippen molar-refractivity contribution in [3.05, 3.63) is 65.7 Å². The van der Waals surface area contributed by atoms with Gasteiger partial charge in [-0.05, 0) is 36.4 Å². The SMILES string of the molecule is CN(C)c1ccc(S(=O)(=O)c2ccc(Cl)cc2)c2ccccc12. The van der Waals surface area contributed by atoms with Crippen LogP contribution in [0.25, 0.3) is 10.8 Å². The first-order valence-electron chi connectivity index (χ1n) is 7.11. The first-order valence-corrected chi connectivity index (χ1v) is 8.97. The van der Waals surface area contributed by atoms with Gasteiger partial charge in [0.25, 0.3) is 0 Å². The highest BCUT2D eigenvalue weighted by Crippen LogP contribution is 2.33. The van der Waals surface area contributed by atoms with Crippen LogP contribution in [0.4, 0.5) is 5.69 Å².